The number of ether oxygens (including phenoxy) is 2. The van der Waals surface area contributed by atoms with E-state index in [9.17, 15) is 9.59 Å². The summed E-state index contributed by atoms with van der Waals surface area (Å²) in [6.07, 6.45) is 4.76. The van der Waals surface area contributed by atoms with Crippen molar-refractivity contribution in [2.75, 3.05) is 35.7 Å². The maximum absolute atomic E-state index is 12.0. The van der Waals surface area contributed by atoms with E-state index in [-0.39, 0.29) is 23.1 Å². The molecule has 0 unspecified atom stereocenters. The molecule has 4 N–H and O–H groups in total. The maximum atomic E-state index is 12.0. The van der Waals surface area contributed by atoms with Gasteiger partial charge in [0, 0.05) is 31.0 Å². The second-order valence-corrected chi connectivity index (χ2v) is 7.77. The van der Waals surface area contributed by atoms with E-state index >= 15 is 0 Å². The molecule has 0 bridgehead atoms. The lowest BCUT2D eigenvalue weighted by molar-refractivity contribution is -0.111. The largest absolute Gasteiger partial charge is 0.494 e. The molecule has 0 spiro atoms. The predicted octanol–water partition coefficient (Wildman–Crippen LogP) is 3.84. The number of benzene rings is 2. The minimum absolute atomic E-state index is 0.0169. The fourth-order valence-corrected chi connectivity index (χ4v) is 3.70. The molecule has 10 heteroatoms. The van der Waals surface area contributed by atoms with Gasteiger partial charge >= 0.3 is 0 Å². The Bertz CT molecular complexity index is 1260. The zero-order valence-corrected chi connectivity index (χ0v) is 19.3. The van der Waals surface area contributed by atoms with Gasteiger partial charge < -0.3 is 30.7 Å². The Balaban J connectivity index is 1.63. The number of carbonyl (C=O) groups excluding carboxylic acids is 2. The van der Waals surface area contributed by atoms with Crippen molar-refractivity contribution >= 4 is 34.8 Å². The molecule has 35 heavy (non-hydrogen) atoms. The molecule has 1 fully saturated rings. The molecular formula is C25H26N6O4. The molecule has 2 aromatic carbocycles. The van der Waals surface area contributed by atoms with Crippen LogP contribution in [0.1, 0.15) is 23.2 Å². The number of nitrogens with one attached hydrogen (secondary N) is 2. The molecule has 3 aromatic rings. The summed E-state index contributed by atoms with van der Waals surface area (Å²) in [6, 6.07) is 12.6. The van der Waals surface area contributed by atoms with Crippen LogP contribution < -0.4 is 30.7 Å². The van der Waals surface area contributed by atoms with Gasteiger partial charge in [-0.2, -0.15) is 4.98 Å². The van der Waals surface area contributed by atoms with E-state index < -0.39 is 11.8 Å². The summed E-state index contributed by atoms with van der Waals surface area (Å²) in [5.74, 6) is -0.176. The number of hydrogen-bond acceptors (Lipinski definition) is 8. The molecule has 10 nitrogen and oxygen atoms in total. The second kappa shape index (κ2) is 10.6. The van der Waals surface area contributed by atoms with Crippen molar-refractivity contribution < 1.29 is 19.1 Å². The molecule has 0 aliphatic carbocycles. The van der Waals surface area contributed by atoms with E-state index in [1.807, 2.05) is 18.2 Å². The lowest BCUT2D eigenvalue weighted by atomic mass is 10.2. The summed E-state index contributed by atoms with van der Waals surface area (Å²) in [5.41, 5.74) is 7.59. The minimum atomic E-state index is -0.758. The molecule has 1 aliphatic rings. The van der Waals surface area contributed by atoms with Gasteiger partial charge in [-0.25, -0.2) is 4.98 Å². The quantitative estimate of drug-likeness (QED) is 0.399. The van der Waals surface area contributed by atoms with Crippen molar-refractivity contribution in [2.45, 2.75) is 12.8 Å². The molecule has 2 heterocycles. The number of hydrogen-bond donors (Lipinski definition) is 3. The van der Waals surface area contributed by atoms with Crippen LogP contribution in [0.15, 0.2) is 61.3 Å². The van der Waals surface area contributed by atoms with Crippen molar-refractivity contribution in [3.8, 4) is 17.4 Å². The Morgan fingerprint density at radius 2 is 1.89 bits per heavy atom. The van der Waals surface area contributed by atoms with Crippen LogP contribution in [-0.2, 0) is 4.79 Å². The number of para-hydroxylation sites is 2. The van der Waals surface area contributed by atoms with Gasteiger partial charge in [0.15, 0.2) is 5.75 Å². The fourth-order valence-electron chi connectivity index (χ4n) is 3.70. The first-order chi connectivity index (χ1) is 17.0. The second-order valence-electron chi connectivity index (χ2n) is 7.77. The number of rotatable bonds is 9. The van der Waals surface area contributed by atoms with Gasteiger partial charge in [-0.05, 0) is 43.2 Å². The number of anilines is 4. The Hall–Kier alpha value is -4.60. The lowest BCUT2D eigenvalue weighted by Crippen LogP contribution is -2.17. The average Bonchev–Trinajstić information content (AvgIpc) is 3.40. The first kappa shape index (κ1) is 23.6. The summed E-state index contributed by atoms with van der Waals surface area (Å²) in [6.45, 7) is 5.48. The highest BCUT2D eigenvalue weighted by atomic mass is 16.5. The van der Waals surface area contributed by atoms with Crippen LogP contribution >= 0.6 is 0 Å². The number of nitrogens with two attached hydrogens (primary N) is 1. The molecule has 1 aliphatic heterocycles. The van der Waals surface area contributed by atoms with E-state index in [1.165, 1.54) is 19.0 Å². The molecule has 180 valence electrons. The molecule has 0 saturated carbocycles. The minimum Gasteiger partial charge on any atom is -0.494 e. The van der Waals surface area contributed by atoms with Gasteiger partial charge in [0.05, 0.1) is 18.5 Å². The number of primary amides is 1. The van der Waals surface area contributed by atoms with Crippen LogP contribution in [0.2, 0.25) is 0 Å². The first-order valence-electron chi connectivity index (χ1n) is 11.1. The summed E-state index contributed by atoms with van der Waals surface area (Å²) in [4.78, 5) is 34.6. The number of carbonyl (C=O) groups is 2. The van der Waals surface area contributed by atoms with Crippen LogP contribution in [-0.4, -0.2) is 42.0 Å². The Morgan fingerprint density at radius 1 is 1.11 bits per heavy atom. The molecule has 0 radical (unpaired) electrons. The third kappa shape index (κ3) is 5.49. The van der Waals surface area contributed by atoms with Crippen LogP contribution in [0.25, 0.3) is 0 Å². The zero-order chi connectivity index (χ0) is 24.8. The Morgan fingerprint density at radius 3 is 2.60 bits per heavy atom. The fraction of sp³-hybridized carbons (Fsp3) is 0.200. The van der Waals surface area contributed by atoms with Crippen molar-refractivity contribution in [3.63, 3.8) is 0 Å². The van der Waals surface area contributed by atoms with Crippen molar-refractivity contribution in [1.82, 2.24) is 9.97 Å². The third-order valence-electron chi connectivity index (χ3n) is 5.46. The topological polar surface area (TPSA) is 132 Å². The predicted molar refractivity (Wildman–Crippen MR) is 134 cm³/mol. The Kier molecular flexibility index (Phi) is 7.10. The van der Waals surface area contributed by atoms with Crippen molar-refractivity contribution in [1.29, 1.82) is 0 Å². The maximum Gasteiger partial charge on any atom is 0.255 e. The Labute approximate surface area is 202 Å². The van der Waals surface area contributed by atoms with E-state index in [0.29, 0.717) is 17.1 Å². The number of amides is 2. The summed E-state index contributed by atoms with van der Waals surface area (Å²) >= 11 is 0. The monoisotopic (exact) mass is 474 g/mol. The molecule has 4 rings (SSSR count). The van der Waals surface area contributed by atoms with Crippen LogP contribution in [0.3, 0.4) is 0 Å². The highest BCUT2D eigenvalue weighted by Gasteiger charge is 2.18. The van der Waals surface area contributed by atoms with Gasteiger partial charge in [0.25, 0.3) is 5.91 Å². The zero-order valence-electron chi connectivity index (χ0n) is 19.3. The highest BCUT2D eigenvalue weighted by Crippen LogP contribution is 2.34. The van der Waals surface area contributed by atoms with E-state index in [0.717, 1.165) is 24.9 Å². The van der Waals surface area contributed by atoms with Gasteiger partial charge in [-0.1, -0.05) is 18.7 Å². The van der Waals surface area contributed by atoms with Gasteiger partial charge in [0.2, 0.25) is 17.7 Å². The number of nitrogens with zero attached hydrogens (tertiary/aromatic N) is 3. The summed E-state index contributed by atoms with van der Waals surface area (Å²) in [5, 5.41) is 5.76. The highest BCUT2D eigenvalue weighted by molar-refractivity contribution is 6.00. The molecule has 0 atom stereocenters. The smallest absolute Gasteiger partial charge is 0.255 e. The van der Waals surface area contributed by atoms with Crippen LogP contribution in [0.5, 0.6) is 17.4 Å². The molecule has 1 saturated heterocycles. The van der Waals surface area contributed by atoms with Gasteiger partial charge in [-0.15, -0.1) is 0 Å². The molecular weight excluding hydrogens is 448 g/mol. The van der Waals surface area contributed by atoms with Crippen molar-refractivity contribution in [2.24, 2.45) is 5.73 Å². The number of methoxy groups -OCH3 is 1. The van der Waals surface area contributed by atoms with Crippen LogP contribution in [0.4, 0.5) is 23.0 Å². The molecule has 2 amide bonds. The summed E-state index contributed by atoms with van der Waals surface area (Å²) < 4.78 is 11.5. The number of aromatic nitrogens is 2. The van der Waals surface area contributed by atoms with Gasteiger partial charge in [-0.3, -0.25) is 9.59 Å². The third-order valence-corrected chi connectivity index (χ3v) is 5.46. The first-order valence-corrected chi connectivity index (χ1v) is 11.1. The van der Waals surface area contributed by atoms with Gasteiger partial charge in [0.1, 0.15) is 11.3 Å². The molecule has 1 aromatic heterocycles. The van der Waals surface area contributed by atoms with Crippen molar-refractivity contribution in [3.05, 3.63) is 66.9 Å². The summed E-state index contributed by atoms with van der Waals surface area (Å²) in [7, 11) is 1.59. The average molecular weight is 475 g/mol. The van der Waals surface area contributed by atoms with E-state index in [2.05, 4.69) is 32.1 Å². The van der Waals surface area contributed by atoms with Crippen LogP contribution in [0, 0.1) is 0 Å². The lowest BCUT2D eigenvalue weighted by Gasteiger charge is -2.20. The normalized spacial score (nSPS) is 12.7. The van der Waals surface area contributed by atoms with E-state index in [4.69, 9.17) is 15.2 Å². The SMILES string of the molecule is C=CC(=O)Nc1ccccc1Oc1nc(Nc2ccc(N3CCCC3)cc2OC)ncc1C(N)=O. The van der Waals surface area contributed by atoms with E-state index in [1.54, 1.807) is 31.4 Å². The standard InChI is InChI=1S/C25H26N6O4/c1-3-22(32)28-18-8-4-5-9-20(18)35-24-17(23(26)33)15-27-25(30-24)29-19-11-10-16(14-21(19)34-2)31-12-6-7-13-31/h3-5,8-11,14-15H,1,6-7,12-13H2,2H3,(H2,26,33)(H,28,32)(H,27,29,30).